The van der Waals surface area contributed by atoms with Crippen LogP contribution in [0.3, 0.4) is 0 Å². The summed E-state index contributed by atoms with van der Waals surface area (Å²) in [6.07, 6.45) is 1.96. The molecule has 3 nitrogen and oxygen atoms in total. The third-order valence-corrected chi connectivity index (χ3v) is 4.65. The van der Waals surface area contributed by atoms with Gasteiger partial charge in [0.15, 0.2) is 5.13 Å². The zero-order valence-electron chi connectivity index (χ0n) is 12.1. The first-order valence-electron chi connectivity index (χ1n) is 6.75. The van der Waals surface area contributed by atoms with E-state index in [4.69, 9.17) is 11.6 Å². The van der Waals surface area contributed by atoms with Gasteiger partial charge >= 0.3 is 0 Å². The molecule has 2 rings (SSSR count). The Labute approximate surface area is 129 Å². The fraction of sp³-hybridized carbons (Fsp3) is 0.400. The molecule has 0 bridgehead atoms. The molecule has 1 N–H and O–H groups in total. The van der Waals surface area contributed by atoms with Crippen molar-refractivity contribution in [2.45, 2.75) is 26.4 Å². The van der Waals surface area contributed by atoms with Crippen LogP contribution in [0.2, 0.25) is 5.02 Å². The average Bonchev–Trinajstić information content (AvgIpc) is 2.91. The molecule has 1 aromatic carbocycles. The first-order chi connectivity index (χ1) is 9.60. The number of hydrogen-bond donors (Lipinski definition) is 1. The fourth-order valence-corrected chi connectivity index (χ4v) is 3.02. The van der Waals surface area contributed by atoms with Crippen LogP contribution >= 0.6 is 22.9 Å². The summed E-state index contributed by atoms with van der Waals surface area (Å²) in [5, 5.41) is 5.22. The van der Waals surface area contributed by atoms with Crippen LogP contribution < -0.4 is 10.2 Å². The molecule has 1 heterocycles. The second-order valence-electron chi connectivity index (χ2n) is 4.81. The van der Waals surface area contributed by atoms with E-state index >= 15 is 0 Å². The average molecular weight is 310 g/mol. The van der Waals surface area contributed by atoms with Crippen LogP contribution in [0.5, 0.6) is 0 Å². The lowest BCUT2D eigenvalue weighted by Gasteiger charge is -2.16. The van der Waals surface area contributed by atoms with Gasteiger partial charge in [0.1, 0.15) is 0 Å². The van der Waals surface area contributed by atoms with Crippen LogP contribution in [0.1, 0.15) is 30.3 Å². The van der Waals surface area contributed by atoms with Crippen molar-refractivity contribution >= 4 is 28.1 Å². The Bertz CT molecular complexity index is 538. The second-order valence-corrected chi connectivity index (χ2v) is 6.28. The molecule has 0 radical (unpaired) electrons. The van der Waals surface area contributed by atoms with Crippen molar-refractivity contribution in [3.05, 3.63) is 45.9 Å². The van der Waals surface area contributed by atoms with E-state index in [0.29, 0.717) is 6.04 Å². The number of rotatable bonds is 6. The largest absolute Gasteiger partial charge is 0.347 e. The SMILES string of the molecule is CCNC(C)c1cnc(N(C)Cc2ccc(Cl)cc2)s1. The minimum Gasteiger partial charge on any atom is -0.347 e. The maximum Gasteiger partial charge on any atom is 0.185 e. The molecule has 0 aliphatic heterocycles. The van der Waals surface area contributed by atoms with Gasteiger partial charge in [0.05, 0.1) is 0 Å². The van der Waals surface area contributed by atoms with Gasteiger partial charge in [-0.3, -0.25) is 0 Å². The predicted molar refractivity (Wildman–Crippen MR) is 87.8 cm³/mol. The molecule has 0 fully saturated rings. The highest BCUT2D eigenvalue weighted by atomic mass is 35.5. The standard InChI is InChI=1S/C15H20ClN3S/c1-4-17-11(2)14-9-18-15(20-14)19(3)10-12-5-7-13(16)8-6-12/h5-9,11,17H,4,10H2,1-3H3. The summed E-state index contributed by atoms with van der Waals surface area (Å²) < 4.78 is 0. The summed E-state index contributed by atoms with van der Waals surface area (Å²) in [5.74, 6) is 0. The van der Waals surface area contributed by atoms with E-state index in [2.05, 4.69) is 48.2 Å². The lowest BCUT2D eigenvalue weighted by Crippen LogP contribution is -2.16. The van der Waals surface area contributed by atoms with E-state index in [9.17, 15) is 0 Å². The normalized spacial score (nSPS) is 12.4. The van der Waals surface area contributed by atoms with Gasteiger partial charge in [0, 0.05) is 35.7 Å². The van der Waals surface area contributed by atoms with E-state index in [1.807, 2.05) is 18.3 Å². The highest BCUT2D eigenvalue weighted by Crippen LogP contribution is 2.27. The van der Waals surface area contributed by atoms with Crippen LogP contribution in [0.15, 0.2) is 30.5 Å². The maximum atomic E-state index is 5.90. The lowest BCUT2D eigenvalue weighted by molar-refractivity contribution is 0.606. The van der Waals surface area contributed by atoms with Crippen molar-refractivity contribution in [1.82, 2.24) is 10.3 Å². The number of nitrogens with one attached hydrogen (secondary N) is 1. The molecular weight excluding hydrogens is 290 g/mol. The quantitative estimate of drug-likeness (QED) is 0.870. The van der Waals surface area contributed by atoms with Crippen molar-refractivity contribution in [2.24, 2.45) is 0 Å². The Morgan fingerprint density at radius 2 is 2.05 bits per heavy atom. The smallest absolute Gasteiger partial charge is 0.185 e. The molecule has 1 unspecified atom stereocenters. The summed E-state index contributed by atoms with van der Waals surface area (Å²) in [7, 11) is 2.06. The van der Waals surface area contributed by atoms with Gasteiger partial charge in [-0.1, -0.05) is 30.7 Å². The molecule has 0 aliphatic carbocycles. The van der Waals surface area contributed by atoms with Gasteiger partial charge in [-0.05, 0) is 31.2 Å². The second kappa shape index (κ2) is 7.07. The minimum absolute atomic E-state index is 0.357. The molecule has 0 amide bonds. The Morgan fingerprint density at radius 1 is 1.35 bits per heavy atom. The van der Waals surface area contributed by atoms with Gasteiger partial charge < -0.3 is 10.2 Å². The van der Waals surface area contributed by atoms with Crippen LogP contribution in [0.25, 0.3) is 0 Å². The van der Waals surface area contributed by atoms with Crippen LogP contribution in [-0.4, -0.2) is 18.6 Å². The van der Waals surface area contributed by atoms with Gasteiger partial charge in [0.25, 0.3) is 0 Å². The van der Waals surface area contributed by atoms with Crippen molar-refractivity contribution in [2.75, 3.05) is 18.5 Å². The lowest BCUT2D eigenvalue weighted by atomic mass is 10.2. The van der Waals surface area contributed by atoms with Crippen LogP contribution in [-0.2, 0) is 6.54 Å². The number of hydrogen-bond acceptors (Lipinski definition) is 4. The Hall–Kier alpha value is -1.10. The molecule has 0 spiro atoms. The summed E-state index contributed by atoms with van der Waals surface area (Å²) in [4.78, 5) is 7.94. The summed E-state index contributed by atoms with van der Waals surface area (Å²) in [6, 6.07) is 8.30. The van der Waals surface area contributed by atoms with Gasteiger partial charge in [0.2, 0.25) is 0 Å². The molecule has 20 heavy (non-hydrogen) atoms. The van der Waals surface area contributed by atoms with Crippen molar-refractivity contribution in [3.63, 3.8) is 0 Å². The Kier molecular flexibility index (Phi) is 5.40. The molecule has 5 heteroatoms. The Balaban J connectivity index is 2.02. The molecule has 1 aromatic heterocycles. The van der Waals surface area contributed by atoms with Crippen molar-refractivity contribution in [3.8, 4) is 0 Å². The highest BCUT2D eigenvalue weighted by molar-refractivity contribution is 7.15. The van der Waals surface area contributed by atoms with E-state index in [0.717, 1.165) is 23.2 Å². The zero-order valence-corrected chi connectivity index (χ0v) is 13.6. The number of thiazole rings is 1. The summed E-state index contributed by atoms with van der Waals surface area (Å²) in [6.45, 7) is 6.08. The van der Waals surface area contributed by atoms with E-state index in [-0.39, 0.29) is 0 Å². The van der Waals surface area contributed by atoms with Gasteiger partial charge in [-0.15, -0.1) is 11.3 Å². The predicted octanol–water partition coefficient (Wildman–Crippen LogP) is 4.10. The molecule has 0 saturated heterocycles. The fourth-order valence-electron chi connectivity index (χ4n) is 1.99. The topological polar surface area (TPSA) is 28.2 Å². The van der Waals surface area contributed by atoms with E-state index < -0.39 is 0 Å². The summed E-state index contributed by atoms with van der Waals surface area (Å²) in [5.41, 5.74) is 1.23. The first-order valence-corrected chi connectivity index (χ1v) is 7.94. The highest BCUT2D eigenvalue weighted by Gasteiger charge is 2.11. The molecule has 1 atom stereocenters. The minimum atomic E-state index is 0.357. The maximum absolute atomic E-state index is 5.90. The molecule has 0 saturated carbocycles. The number of nitrogens with zero attached hydrogens (tertiary/aromatic N) is 2. The molecular formula is C15H20ClN3S. The number of anilines is 1. The Morgan fingerprint density at radius 3 is 2.70 bits per heavy atom. The van der Waals surface area contributed by atoms with Crippen LogP contribution in [0.4, 0.5) is 5.13 Å². The van der Waals surface area contributed by atoms with Crippen molar-refractivity contribution in [1.29, 1.82) is 0 Å². The number of aromatic nitrogens is 1. The van der Waals surface area contributed by atoms with E-state index in [1.165, 1.54) is 10.4 Å². The molecule has 0 aliphatic rings. The number of benzene rings is 1. The van der Waals surface area contributed by atoms with Gasteiger partial charge in [-0.2, -0.15) is 0 Å². The first kappa shape index (κ1) is 15.3. The molecule has 108 valence electrons. The van der Waals surface area contributed by atoms with E-state index in [1.54, 1.807) is 11.3 Å². The van der Waals surface area contributed by atoms with Crippen LogP contribution in [0, 0.1) is 0 Å². The third-order valence-electron chi connectivity index (χ3n) is 3.11. The third kappa shape index (κ3) is 3.95. The molecule has 2 aromatic rings. The van der Waals surface area contributed by atoms with Crippen molar-refractivity contribution < 1.29 is 0 Å². The monoisotopic (exact) mass is 309 g/mol. The zero-order chi connectivity index (χ0) is 14.5. The number of halogens is 1. The van der Waals surface area contributed by atoms with Gasteiger partial charge in [-0.25, -0.2) is 4.98 Å². The summed E-state index contributed by atoms with van der Waals surface area (Å²) >= 11 is 7.64.